The third kappa shape index (κ3) is 5.07. The molecule has 1 saturated heterocycles. The topological polar surface area (TPSA) is 67.9 Å². The van der Waals surface area contributed by atoms with Crippen LogP contribution < -0.4 is 5.32 Å². The summed E-state index contributed by atoms with van der Waals surface area (Å²) in [6, 6.07) is 9.85. The van der Waals surface area contributed by atoms with Gasteiger partial charge in [-0.2, -0.15) is 0 Å². The average Bonchev–Trinajstić information content (AvgIpc) is 2.85. The molecule has 1 N–H and O–H groups in total. The molecule has 0 bridgehead atoms. The van der Waals surface area contributed by atoms with Crippen LogP contribution in [0.5, 0.6) is 0 Å². The van der Waals surface area contributed by atoms with E-state index < -0.39 is 6.09 Å². The van der Waals surface area contributed by atoms with Gasteiger partial charge in [-0.1, -0.05) is 30.3 Å². The molecule has 1 aliphatic heterocycles. The van der Waals surface area contributed by atoms with E-state index in [0.717, 1.165) is 5.56 Å². The van der Waals surface area contributed by atoms with Crippen LogP contribution in [-0.4, -0.2) is 49.3 Å². The predicted octanol–water partition coefficient (Wildman–Crippen LogP) is 1.16. The van der Waals surface area contributed by atoms with Gasteiger partial charge in [0.05, 0.1) is 19.7 Å². The molecular weight excluding hydrogens is 272 g/mol. The number of rotatable bonds is 7. The average molecular weight is 292 g/mol. The molecule has 114 valence electrons. The third-order valence-electron chi connectivity index (χ3n) is 3.12. The van der Waals surface area contributed by atoms with Crippen LogP contribution in [-0.2, 0) is 20.8 Å². The number of ether oxygens (including phenoxy) is 2. The highest BCUT2D eigenvalue weighted by Gasteiger charge is 2.26. The molecule has 1 amide bonds. The second-order valence-corrected chi connectivity index (χ2v) is 4.87. The Balaban J connectivity index is 1.95. The van der Waals surface area contributed by atoms with E-state index in [1.165, 1.54) is 0 Å². The molecule has 1 aromatic carbocycles. The van der Waals surface area contributed by atoms with Crippen molar-refractivity contribution in [3.05, 3.63) is 35.9 Å². The fourth-order valence-electron chi connectivity index (χ4n) is 2.24. The van der Waals surface area contributed by atoms with Crippen LogP contribution in [0.2, 0.25) is 0 Å². The largest absolute Gasteiger partial charge is 0.465 e. The number of carbonyl (C=O) groups excluding carboxylic acids is 2. The molecule has 0 spiro atoms. The number of hydrogen-bond donors (Lipinski definition) is 1. The van der Waals surface area contributed by atoms with E-state index in [9.17, 15) is 9.59 Å². The number of esters is 1. The zero-order valence-electron chi connectivity index (χ0n) is 12.1. The van der Waals surface area contributed by atoms with Crippen LogP contribution in [0.3, 0.4) is 0 Å². The van der Waals surface area contributed by atoms with Gasteiger partial charge in [0.1, 0.15) is 6.10 Å². The fourth-order valence-corrected chi connectivity index (χ4v) is 2.24. The lowest BCUT2D eigenvalue weighted by atomic mass is 10.2. The summed E-state index contributed by atoms with van der Waals surface area (Å²) < 4.78 is 10.1. The standard InChI is InChI=1S/C15H20N2O4/c1-2-20-14(18)11-17(9-12-6-4-3-5-7-12)10-13-8-16-15(19)21-13/h3-7,13H,2,8-11H2,1H3,(H,16,19). The van der Waals surface area contributed by atoms with E-state index in [1.807, 2.05) is 35.2 Å². The molecule has 1 unspecified atom stereocenters. The van der Waals surface area contributed by atoms with Crippen molar-refractivity contribution < 1.29 is 19.1 Å². The van der Waals surface area contributed by atoms with Crippen LogP contribution >= 0.6 is 0 Å². The Morgan fingerprint density at radius 3 is 2.81 bits per heavy atom. The molecule has 1 aliphatic rings. The van der Waals surface area contributed by atoms with Crippen LogP contribution in [0.1, 0.15) is 12.5 Å². The Hall–Kier alpha value is -2.08. The first kappa shape index (κ1) is 15.3. The molecule has 1 heterocycles. The van der Waals surface area contributed by atoms with Crippen molar-refractivity contribution in [2.45, 2.75) is 19.6 Å². The smallest absolute Gasteiger partial charge is 0.407 e. The molecule has 0 radical (unpaired) electrons. The predicted molar refractivity (Wildman–Crippen MR) is 76.6 cm³/mol. The van der Waals surface area contributed by atoms with E-state index >= 15 is 0 Å². The lowest BCUT2D eigenvalue weighted by Gasteiger charge is -2.23. The molecule has 0 aromatic heterocycles. The highest BCUT2D eigenvalue weighted by molar-refractivity contribution is 5.71. The Bertz CT molecular complexity index is 478. The molecule has 0 aliphatic carbocycles. The van der Waals surface area contributed by atoms with E-state index in [0.29, 0.717) is 26.2 Å². The molecule has 1 aromatic rings. The van der Waals surface area contributed by atoms with Crippen LogP contribution in [0.4, 0.5) is 4.79 Å². The van der Waals surface area contributed by atoms with E-state index in [1.54, 1.807) is 6.92 Å². The number of benzene rings is 1. The monoisotopic (exact) mass is 292 g/mol. The molecule has 21 heavy (non-hydrogen) atoms. The Labute approximate surface area is 124 Å². The van der Waals surface area contributed by atoms with Gasteiger partial charge in [0.2, 0.25) is 0 Å². The quantitative estimate of drug-likeness (QED) is 0.764. The second-order valence-electron chi connectivity index (χ2n) is 4.87. The third-order valence-corrected chi connectivity index (χ3v) is 3.12. The SMILES string of the molecule is CCOC(=O)CN(Cc1ccccc1)CC1CNC(=O)O1. The van der Waals surface area contributed by atoms with Gasteiger partial charge in [0.15, 0.2) is 0 Å². The summed E-state index contributed by atoms with van der Waals surface area (Å²) in [6.07, 6.45) is -0.647. The Morgan fingerprint density at radius 1 is 1.43 bits per heavy atom. The maximum atomic E-state index is 11.7. The number of cyclic esters (lactones) is 1. The molecule has 0 saturated carbocycles. The van der Waals surface area contributed by atoms with Crippen molar-refractivity contribution in [3.63, 3.8) is 0 Å². The maximum Gasteiger partial charge on any atom is 0.407 e. The molecule has 1 fully saturated rings. The van der Waals surface area contributed by atoms with E-state index in [4.69, 9.17) is 9.47 Å². The van der Waals surface area contributed by atoms with Gasteiger partial charge in [0.25, 0.3) is 0 Å². The minimum absolute atomic E-state index is 0.177. The lowest BCUT2D eigenvalue weighted by molar-refractivity contribution is -0.144. The summed E-state index contributed by atoms with van der Waals surface area (Å²) in [6.45, 7) is 3.88. The van der Waals surface area contributed by atoms with Gasteiger partial charge >= 0.3 is 12.1 Å². The maximum absolute atomic E-state index is 11.7. The van der Waals surface area contributed by atoms with E-state index in [2.05, 4.69) is 5.32 Å². The molecule has 6 nitrogen and oxygen atoms in total. The summed E-state index contributed by atoms with van der Waals surface area (Å²) in [5.41, 5.74) is 1.10. The molecule has 2 rings (SSSR count). The molecule has 1 atom stereocenters. The van der Waals surface area contributed by atoms with E-state index in [-0.39, 0.29) is 18.6 Å². The van der Waals surface area contributed by atoms with Crippen molar-refractivity contribution in [1.82, 2.24) is 10.2 Å². The van der Waals surface area contributed by atoms with Crippen molar-refractivity contribution in [2.24, 2.45) is 0 Å². The highest BCUT2D eigenvalue weighted by atomic mass is 16.6. The Morgan fingerprint density at radius 2 is 2.19 bits per heavy atom. The summed E-state index contributed by atoms with van der Waals surface area (Å²) in [4.78, 5) is 24.7. The number of hydrogen-bond acceptors (Lipinski definition) is 5. The Kier molecular flexibility index (Phi) is 5.57. The summed E-state index contributed by atoms with van der Waals surface area (Å²) >= 11 is 0. The van der Waals surface area contributed by atoms with Crippen LogP contribution in [0.15, 0.2) is 30.3 Å². The van der Waals surface area contributed by atoms with Gasteiger partial charge in [-0.05, 0) is 12.5 Å². The molecule has 6 heteroatoms. The lowest BCUT2D eigenvalue weighted by Crippen LogP contribution is -2.38. The first-order valence-electron chi connectivity index (χ1n) is 7.03. The second kappa shape index (κ2) is 7.64. The number of alkyl carbamates (subject to hydrolysis) is 1. The molecular formula is C15H20N2O4. The number of nitrogens with zero attached hydrogens (tertiary/aromatic N) is 1. The van der Waals surface area contributed by atoms with Crippen LogP contribution in [0.25, 0.3) is 0 Å². The summed E-state index contributed by atoms with van der Waals surface area (Å²) in [5, 5.41) is 2.61. The minimum atomic E-state index is -0.407. The van der Waals surface area contributed by atoms with Gasteiger partial charge in [-0.3, -0.25) is 9.69 Å². The van der Waals surface area contributed by atoms with Gasteiger partial charge in [-0.15, -0.1) is 0 Å². The number of carbonyl (C=O) groups is 2. The van der Waals surface area contributed by atoms with Crippen LogP contribution in [0, 0.1) is 0 Å². The van der Waals surface area contributed by atoms with Gasteiger partial charge in [-0.25, -0.2) is 4.79 Å². The number of nitrogens with one attached hydrogen (secondary N) is 1. The zero-order chi connectivity index (χ0) is 15.1. The minimum Gasteiger partial charge on any atom is -0.465 e. The number of amides is 1. The summed E-state index contributed by atoms with van der Waals surface area (Å²) in [5.74, 6) is -0.272. The van der Waals surface area contributed by atoms with Crippen molar-refractivity contribution in [1.29, 1.82) is 0 Å². The first-order valence-corrected chi connectivity index (χ1v) is 7.03. The zero-order valence-corrected chi connectivity index (χ0v) is 12.1. The van der Waals surface area contributed by atoms with Crippen molar-refractivity contribution >= 4 is 12.1 Å². The van der Waals surface area contributed by atoms with Crippen molar-refractivity contribution in [2.75, 3.05) is 26.2 Å². The fraction of sp³-hybridized carbons (Fsp3) is 0.467. The first-order chi connectivity index (χ1) is 10.2. The summed E-state index contributed by atoms with van der Waals surface area (Å²) in [7, 11) is 0. The normalized spacial score (nSPS) is 17.4. The van der Waals surface area contributed by atoms with Gasteiger partial charge in [0, 0.05) is 13.1 Å². The van der Waals surface area contributed by atoms with Gasteiger partial charge < -0.3 is 14.8 Å². The highest BCUT2D eigenvalue weighted by Crippen LogP contribution is 2.09. The van der Waals surface area contributed by atoms with Crippen molar-refractivity contribution in [3.8, 4) is 0 Å².